The van der Waals surface area contributed by atoms with E-state index >= 15 is 0 Å². The molecule has 0 aliphatic rings. The lowest BCUT2D eigenvalue weighted by atomic mass is 10.1. The maximum absolute atomic E-state index is 5.16. The molecule has 0 saturated carbocycles. The normalized spacial score (nSPS) is 11.1. The Kier molecular flexibility index (Phi) is 12.0. The summed E-state index contributed by atoms with van der Waals surface area (Å²) in [5.74, 6) is 1.03. The maximum atomic E-state index is 5.16. The molecule has 0 N–H and O–H groups in total. The van der Waals surface area contributed by atoms with Crippen molar-refractivity contribution in [3.8, 4) is 0 Å². The van der Waals surface area contributed by atoms with Crippen LogP contribution in [0.15, 0.2) is 40.7 Å². The topological polar surface area (TPSA) is 34.0 Å². The summed E-state index contributed by atoms with van der Waals surface area (Å²) in [4.78, 5) is 5.16. The first kappa shape index (κ1) is 18.0. The average molecular weight is 308 g/mol. The SMILES string of the molecule is SCCCCCCCCCCCON=Nc1ccccc1. The van der Waals surface area contributed by atoms with Gasteiger partial charge in [-0.05, 0) is 37.1 Å². The Balaban J connectivity index is 1.82. The van der Waals surface area contributed by atoms with Gasteiger partial charge in [-0.1, -0.05) is 56.7 Å². The molecule has 0 fully saturated rings. The molecular weight excluding hydrogens is 280 g/mol. The predicted octanol–water partition coefficient (Wildman–Crippen LogP) is 6.14. The molecule has 0 spiro atoms. The molecular formula is C17H28N2OS. The Hall–Kier alpha value is -1.03. The predicted molar refractivity (Wildman–Crippen MR) is 92.3 cm³/mol. The van der Waals surface area contributed by atoms with E-state index in [9.17, 15) is 0 Å². The fourth-order valence-electron chi connectivity index (χ4n) is 2.13. The van der Waals surface area contributed by atoms with E-state index in [-0.39, 0.29) is 0 Å². The molecule has 0 heterocycles. The monoisotopic (exact) mass is 308 g/mol. The minimum Gasteiger partial charge on any atom is -0.379 e. The van der Waals surface area contributed by atoms with Crippen molar-refractivity contribution in [2.45, 2.75) is 57.8 Å². The van der Waals surface area contributed by atoms with Gasteiger partial charge in [0.25, 0.3) is 0 Å². The van der Waals surface area contributed by atoms with E-state index in [0.717, 1.165) is 17.9 Å². The first-order chi connectivity index (χ1) is 10.4. The van der Waals surface area contributed by atoms with Crippen LogP contribution in [-0.2, 0) is 4.84 Å². The summed E-state index contributed by atoms with van der Waals surface area (Å²) in [6.45, 7) is 0.665. The molecule has 0 unspecified atom stereocenters. The van der Waals surface area contributed by atoms with E-state index in [1.54, 1.807) is 0 Å². The lowest BCUT2D eigenvalue weighted by Gasteiger charge is -2.01. The summed E-state index contributed by atoms with van der Waals surface area (Å²) in [5.41, 5.74) is 0.829. The molecule has 0 amide bonds. The highest BCUT2D eigenvalue weighted by molar-refractivity contribution is 7.80. The van der Waals surface area contributed by atoms with Crippen molar-refractivity contribution in [3.63, 3.8) is 0 Å². The van der Waals surface area contributed by atoms with Crippen LogP contribution < -0.4 is 0 Å². The zero-order chi connectivity index (χ0) is 15.0. The highest BCUT2D eigenvalue weighted by Gasteiger charge is 1.93. The van der Waals surface area contributed by atoms with E-state index in [2.05, 4.69) is 23.0 Å². The third-order valence-electron chi connectivity index (χ3n) is 3.36. The molecule has 0 bridgehead atoms. The molecule has 0 aliphatic heterocycles. The van der Waals surface area contributed by atoms with E-state index in [1.165, 1.54) is 51.4 Å². The van der Waals surface area contributed by atoms with Gasteiger partial charge >= 0.3 is 0 Å². The van der Waals surface area contributed by atoms with Crippen LogP contribution in [0.2, 0.25) is 0 Å². The second-order valence-electron chi connectivity index (χ2n) is 5.26. The van der Waals surface area contributed by atoms with E-state index in [1.807, 2.05) is 30.3 Å². The van der Waals surface area contributed by atoms with Gasteiger partial charge in [-0.25, -0.2) is 0 Å². The molecule has 118 valence electrons. The molecule has 4 heteroatoms. The zero-order valence-corrected chi connectivity index (χ0v) is 13.8. The number of thiol groups is 1. The van der Waals surface area contributed by atoms with Crippen LogP contribution in [0.4, 0.5) is 5.69 Å². The molecule has 0 aliphatic carbocycles. The Morgan fingerprint density at radius 1 is 0.762 bits per heavy atom. The summed E-state index contributed by atoms with van der Waals surface area (Å²) in [6.07, 6.45) is 11.6. The van der Waals surface area contributed by atoms with Crippen LogP contribution in [0.1, 0.15) is 57.8 Å². The van der Waals surface area contributed by atoms with E-state index in [4.69, 9.17) is 4.84 Å². The van der Waals surface area contributed by atoms with Crippen molar-refractivity contribution < 1.29 is 4.84 Å². The van der Waals surface area contributed by atoms with E-state index in [0.29, 0.717) is 6.61 Å². The van der Waals surface area contributed by atoms with Crippen molar-refractivity contribution >= 4 is 18.3 Å². The molecule has 3 nitrogen and oxygen atoms in total. The number of rotatable bonds is 13. The number of hydrogen-bond donors (Lipinski definition) is 1. The first-order valence-corrected chi connectivity index (χ1v) is 8.75. The second-order valence-corrected chi connectivity index (χ2v) is 5.70. The van der Waals surface area contributed by atoms with Crippen LogP contribution in [0.5, 0.6) is 0 Å². The minimum atomic E-state index is 0.665. The maximum Gasteiger partial charge on any atom is 0.119 e. The summed E-state index contributed by atoms with van der Waals surface area (Å²) in [5, 5.41) is 7.72. The fraction of sp³-hybridized carbons (Fsp3) is 0.647. The smallest absolute Gasteiger partial charge is 0.119 e. The standard InChI is InChI=1S/C17H28N2OS/c21-16-12-7-5-3-1-2-4-6-11-15-20-19-18-17-13-9-8-10-14-17/h8-10,13-14,21H,1-7,11-12,15-16H2. The zero-order valence-electron chi connectivity index (χ0n) is 12.9. The van der Waals surface area contributed by atoms with Crippen molar-refractivity contribution in [3.05, 3.63) is 30.3 Å². The number of unbranched alkanes of at least 4 members (excludes halogenated alkanes) is 8. The third kappa shape index (κ3) is 11.3. The molecule has 1 aromatic carbocycles. The Bertz CT molecular complexity index is 357. The van der Waals surface area contributed by atoms with Gasteiger partial charge in [-0.15, -0.1) is 5.11 Å². The molecule has 1 rings (SSSR count). The lowest BCUT2D eigenvalue weighted by Crippen LogP contribution is -1.88. The Labute approximate surface area is 134 Å². The van der Waals surface area contributed by atoms with Gasteiger partial charge in [-0.3, -0.25) is 0 Å². The number of benzene rings is 1. The van der Waals surface area contributed by atoms with Crippen LogP contribution in [0.25, 0.3) is 0 Å². The quantitative estimate of drug-likeness (QED) is 0.202. The summed E-state index contributed by atoms with van der Waals surface area (Å²) in [6, 6.07) is 9.64. The highest BCUT2D eigenvalue weighted by atomic mass is 32.1. The van der Waals surface area contributed by atoms with Gasteiger partial charge < -0.3 is 4.84 Å². The van der Waals surface area contributed by atoms with Crippen molar-refractivity contribution in [1.82, 2.24) is 0 Å². The molecule has 21 heavy (non-hydrogen) atoms. The van der Waals surface area contributed by atoms with Crippen molar-refractivity contribution in [2.24, 2.45) is 10.4 Å². The van der Waals surface area contributed by atoms with Gasteiger partial charge in [0.1, 0.15) is 6.61 Å². The Morgan fingerprint density at radius 3 is 1.95 bits per heavy atom. The molecule has 0 radical (unpaired) electrons. The number of hydrogen-bond acceptors (Lipinski definition) is 4. The fourth-order valence-corrected chi connectivity index (χ4v) is 2.35. The van der Waals surface area contributed by atoms with Crippen LogP contribution in [0, 0.1) is 0 Å². The van der Waals surface area contributed by atoms with Crippen LogP contribution in [-0.4, -0.2) is 12.4 Å². The van der Waals surface area contributed by atoms with Crippen molar-refractivity contribution in [1.29, 1.82) is 0 Å². The van der Waals surface area contributed by atoms with Crippen molar-refractivity contribution in [2.75, 3.05) is 12.4 Å². The van der Waals surface area contributed by atoms with Gasteiger partial charge in [0.2, 0.25) is 0 Å². The average Bonchev–Trinajstić information content (AvgIpc) is 2.53. The largest absolute Gasteiger partial charge is 0.379 e. The summed E-state index contributed by atoms with van der Waals surface area (Å²) in [7, 11) is 0. The molecule has 1 aromatic rings. The van der Waals surface area contributed by atoms with Gasteiger partial charge in [0.15, 0.2) is 0 Å². The van der Waals surface area contributed by atoms with Gasteiger partial charge in [0, 0.05) is 5.28 Å². The van der Waals surface area contributed by atoms with Crippen LogP contribution >= 0.6 is 12.6 Å². The second kappa shape index (κ2) is 13.9. The molecule has 0 saturated heterocycles. The van der Waals surface area contributed by atoms with E-state index < -0.39 is 0 Å². The lowest BCUT2D eigenvalue weighted by molar-refractivity contribution is 0.121. The third-order valence-corrected chi connectivity index (χ3v) is 3.68. The molecule has 0 atom stereocenters. The Morgan fingerprint density at radius 2 is 1.33 bits per heavy atom. The van der Waals surface area contributed by atoms with Gasteiger partial charge in [0.05, 0.1) is 5.69 Å². The summed E-state index contributed by atoms with van der Waals surface area (Å²) >= 11 is 4.22. The van der Waals surface area contributed by atoms with Gasteiger partial charge in [-0.2, -0.15) is 12.6 Å². The first-order valence-electron chi connectivity index (χ1n) is 8.12. The minimum absolute atomic E-state index is 0.665. The number of nitrogens with zero attached hydrogens (tertiary/aromatic N) is 2. The highest BCUT2D eigenvalue weighted by Crippen LogP contribution is 2.11. The summed E-state index contributed by atoms with van der Waals surface area (Å²) < 4.78 is 0. The van der Waals surface area contributed by atoms with Crippen LogP contribution in [0.3, 0.4) is 0 Å². The molecule has 0 aromatic heterocycles.